The topological polar surface area (TPSA) is 99.4 Å². The highest BCUT2D eigenvalue weighted by atomic mass is 32.2. The summed E-state index contributed by atoms with van der Waals surface area (Å²) in [7, 11) is -4.62. The number of nitrogens with one attached hydrogen (secondary N) is 1. The Labute approximate surface area is 148 Å². The highest BCUT2D eigenvalue weighted by molar-refractivity contribution is 7.86. The van der Waals surface area contributed by atoms with Crippen molar-refractivity contribution in [1.82, 2.24) is 0 Å². The highest BCUT2D eigenvalue weighted by Gasteiger charge is 2.40. The average Bonchev–Trinajstić information content (AvgIpc) is 2.53. The standard InChI is InChI=1S/C17H14F2N2O4S/c1-17(2)13-6-11(10-3-9(8-20)4-12(18)5-10)7-14(19)15(13)21-16(25-17)26(22,23)24/h3-7,16,21H,1-2H3,(H,22,23,24). The van der Waals surface area contributed by atoms with E-state index in [1.807, 2.05) is 6.07 Å². The van der Waals surface area contributed by atoms with Gasteiger partial charge in [-0.15, -0.1) is 0 Å². The van der Waals surface area contributed by atoms with E-state index in [0.717, 1.165) is 18.2 Å². The Hall–Kier alpha value is -2.54. The maximum absolute atomic E-state index is 14.7. The van der Waals surface area contributed by atoms with Crippen LogP contribution in [0.3, 0.4) is 0 Å². The van der Waals surface area contributed by atoms with Gasteiger partial charge in [0, 0.05) is 5.56 Å². The van der Waals surface area contributed by atoms with Gasteiger partial charge in [-0.3, -0.25) is 4.55 Å². The fraction of sp³-hybridized carbons (Fsp3) is 0.235. The van der Waals surface area contributed by atoms with Crippen LogP contribution in [0, 0.1) is 23.0 Å². The van der Waals surface area contributed by atoms with Gasteiger partial charge >= 0.3 is 10.1 Å². The third kappa shape index (κ3) is 3.26. The summed E-state index contributed by atoms with van der Waals surface area (Å²) in [6.07, 6.45) is 0. The molecule has 3 rings (SSSR count). The molecule has 2 N–H and O–H groups in total. The van der Waals surface area contributed by atoms with Crippen molar-refractivity contribution in [2.45, 2.75) is 25.0 Å². The Morgan fingerprint density at radius 3 is 2.46 bits per heavy atom. The van der Waals surface area contributed by atoms with Gasteiger partial charge in [0.05, 0.1) is 22.9 Å². The lowest BCUT2D eigenvalue weighted by Crippen LogP contribution is -2.44. The molecule has 1 atom stereocenters. The predicted octanol–water partition coefficient (Wildman–Crippen LogP) is 3.35. The van der Waals surface area contributed by atoms with Crippen molar-refractivity contribution in [3.63, 3.8) is 0 Å². The molecule has 0 spiro atoms. The molecule has 2 aromatic carbocycles. The summed E-state index contributed by atoms with van der Waals surface area (Å²) in [6.45, 7) is 3.03. The normalized spacial score (nSPS) is 18.5. The smallest absolute Gasteiger partial charge is 0.312 e. The molecule has 0 radical (unpaired) electrons. The van der Waals surface area contributed by atoms with Gasteiger partial charge in [-0.25, -0.2) is 8.78 Å². The maximum atomic E-state index is 14.7. The second kappa shape index (κ2) is 6.02. The number of rotatable bonds is 2. The molecular formula is C17H14F2N2O4S. The number of hydrogen-bond acceptors (Lipinski definition) is 5. The van der Waals surface area contributed by atoms with Gasteiger partial charge in [0.15, 0.2) is 0 Å². The average molecular weight is 380 g/mol. The number of halogens is 2. The molecule has 9 heteroatoms. The number of ether oxygens (including phenoxy) is 1. The summed E-state index contributed by atoms with van der Waals surface area (Å²) in [6, 6.07) is 8.06. The van der Waals surface area contributed by atoms with E-state index in [1.165, 1.54) is 26.0 Å². The molecule has 2 aromatic rings. The van der Waals surface area contributed by atoms with Crippen molar-refractivity contribution in [2.75, 3.05) is 5.32 Å². The molecule has 1 heterocycles. The van der Waals surface area contributed by atoms with E-state index < -0.39 is 32.9 Å². The number of hydrogen-bond donors (Lipinski definition) is 2. The van der Waals surface area contributed by atoms with Crippen molar-refractivity contribution in [1.29, 1.82) is 5.26 Å². The van der Waals surface area contributed by atoms with Crippen LogP contribution in [0.2, 0.25) is 0 Å². The van der Waals surface area contributed by atoms with Crippen molar-refractivity contribution in [2.24, 2.45) is 0 Å². The largest absolute Gasteiger partial charge is 0.343 e. The minimum Gasteiger partial charge on any atom is -0.343 e. The van der Waals surface area contributed by atoms with E-state index in [-0.39, 0.29) is 22.4 Å². The van der Waals surface area contributed by atoms with Crippen molar-refractivity contribution in [3.05, 3.63) is 53.1 Å². The molecule has 0 amide bonds. The molecule has 0 saturated carbocycles. The van der Waals surface area contributed by atoms with Gasteiger partial charge in [-0.2, -0.15) is 13.7 Å². The summed E-state index contributed by atoms with van der Waals surface area (Å²) in [5.41, 5.74) is -2.26. The van der Waals surface area contributed by atoms with E-state index in [0.29, 0.717) is 5.56 Å². The van der Waals surface area contributed by atoms with E-state index in [2.05, 4.69) is 5.32 Å². The molecule has 0 aliphatic carbocycles. The zero-order chi connectivity index (χ0) is 19.3. The molecule has 26 heavy (non-hydrogen) atoms. The molecule has 6 nitrogen and oxygen atoms in total. The van der Waals surface area contributed by atoms with Crippen LogP contribution in [0.25, 0.3) is 11.1 Å². The SMILES string of the molecule is CC1(C)OC(S(=O)(=O)O)Nc2c(F)cc(-c3cc(F)cc(C#N)c3)cc21. The first-order chi connectivity index (χ1) is 12.0. The van der Waals surface area contributed by atoms with Crippen LogP contribution in [-0.4, -0.2) is 18.5 Å². The van der Waals surface area contributed by atoms with Crippen LogP contribution in [-0.2, 0) is 20.5 Å². The zero-order valence-electron chi connectivity index (χ0n) is 13.7. The maximum Gasteiger partial charge on any atom is 0.312 e. The lowest BCUT2D eigenvalue weighted by molar-refractivity contribution is -0.0410. The monoisotopic (exact) mass is 380 g/mol. The molecule has 0 saturated heterocycles. The van der Waals surface area contributed by atoms with Crippen LogP contribution in [0.1, 0.15) is 25.0 Å². The third-order valence-corrected chi connectivity index (χ3v) is 4.79. The van der Waals surface area contributed by atoms with Gasteiger partial charge in [0.25, 0.3) is 5.56 Å². The molecule has 0 bridgehead atoms. The van der Waals surface area contributed by atoms with Crippen molar-refractivity contribution < 1.29 is 26.5 Å². The molecule has 1 unspecified atom stereocenters. The van der Waals surface area contributed by atoms with Gasteiger partial charge < -0.3 is 10.1 Å². The Kier molecular flexibility index (Phi) is 4.23. The molecule has 0 fully saturated rings. The summed E-state index contributed by atoms with van der Waals surface area (Å²) in [4.78, 5) is 0. The van der Waals surface area contributed by atoms with Gasteiger partial charge in [-0.05, 0) is 55.3 Å². The van der Waals surface area contributed by atoms with Crippen LogP contribution in [0.15, 0.2) is 30.3 Å². The Balaban J connectivity index is 2.17. The minimum atomic E-state index is -4.62. The van der Waals surface area contributed by atoms with E-state index in [4.69, 9.17) is 10.00 Å². The molecule has 136 valence electrons. The number of fused-ring (bicyclic) bond motifs is 1. The van der Waals surface area contributed by atoms with Crippen LogP contribution in [0.5, 0.6) is 0 Å². The van der Waals surface area contributed by atoms with Gasteiger partial charge in [0.2, 0.25) is 0 Å². The number of nitriles is 1. The molecular weight excluding hydrogens is 366 g/mol. The quantitative estimate of drug-likeness (QED) is 0.775. The Morgan fingerprint density at radius 2 is 1.85 bits per heavy atom. The summed E-state index contributed by atoms with van der Waals surface area (Å²) in [5, 5.41) is 11.3. The van der Waals surface area contributed by atoms with Crippen LogP contribution >= 0.6 is 0 Å². The molecule has 1 aliphatic rings. The first-order valence-electron chi connectivity index (χ1n) is 7.47. The zero-order valence-corrected chi connectivity index (χ0v) is 14.6. The summed E-state index contributed by atoms with van der Waals surface area (Å²) < 4.78 is 65.6. The molecule has 0 aromatic heterocycles. The molecule has 1 aliphatic heterocycles. The van der Waals surface area contributed by atoms with E-state index in [9.17, 15) is 21.8 Å². The van der Waals surface area contributed by atoms with Gasteiger partial charge in [0.1, 0.15) is 11.6 Å². The fourth-order valence-corrected chi connectivity index (χ4v) is 3.46. The van der Waals surface area contributed by atoms with Crippen LogP contribution < -0.4 is 5.32 Å². The predicted molar refractivity (Wildman–Crippen MR) is 89.6 cm³/mol. The summed E-state index contributed by atoms with van der Waals surface area (Å²) in [5.74, 6) is -1.44. The van der Waals surface area contributed by atoms with E-state index >= 15 is 0 Å². The second-order valence-corrected chi connectivity index (χ2v) is 7.80. The third-order valence-electron chi connectivity index (χ3n) is 4.03. The summed E-state index contributed by atoms with van der Waals surface area (Å²) >= 11 is 0. The Bertz CT molecular complexity index is 1050. The second-order valence-electron chi connectivity index (χ2n) is 6.34. The number of nitrogens with zero attached hydrogens (tertiary/aromatic N) is 1. The van der Waals surface area contributed by atoms with Crippen LogP contribution in [0.4, 0.5) is 14.5 Å². The Morgan fingerprint density at radius 1 is 1.19 bits per heavy atom. The van der Waals surface area contributed by atoms with E-state index in [1.54, 1.807) is 0 Å². The lowest BCUT2D eigenvalue weighted by atomic mass is 9.90. The van der Waals surface area contributed by atoms with Gasteiger partial charge in [-0.1, -0.05) is 0 Å². The first-order valence-corrected chi connectivity index (χ1v) is 8.97. The van der Waals surface area contributed by atoms with Crippen molar-refractivity contribution in [3.8, 4) is 17.2 Å². The minimum absolute atomic E-state index is 0.0817. The highest BCUT2D eigenvalue weighted by Crippen LogP contribution is 2.41. The fourth-order valence-electron chi connectivity index (χ4n) is 2.83. The first kappa shape index (κ1) is 18.3. The number of benzene rings is 2. The number of anilines is 1. The van der Waals surface area contributed by atoms with Crippen molar-refractivity contribution >= 4 is 15.8 Å². The lowest BCUT2D eigenvalue weighted by Gasteiger charge is -2.37.